The lowest BCUT2D eigenvalue weighted by Crippen LogP contribution is -2.30. The molecule has 4 aromatic rings. The Labute approximate surface area is 286 Å². The molecule has 250 valence electrons. The van der Waals surface area contributed by atoms with Crippen LogP contribution in [0.4, 0.5) is 11.4 Å². The summed E-state index contributed by atoms with van der Waals surface area (Å²) < 4.78 is 16.4. The highest BCUT2D eigenvalue weighted by Crippen LogP contribution is 2.39. The van der Waals surface area contributed by atoms with Crippen molar-refractivity contribution in [3.05, 3.63) is 113 Å². The fourth-order valence-corrected chi connectivity index (χ4v) is 5.81. The number of hydrogen-bond donors (Lipinski definition) is 3. The number of hydrogen-bond acceptors (Lipinski definition) is 7. The van der Waals surface area contributed by atoms with E-state index in [1.165, 1.54) is 44.7 Å². The van der Waals surface area contributed by atoms with Gasteiger partial charge in [0.25, 0.3) is 11.8 Å². The van der Waals surface area contributed by atoms with Crippen LogP contribution in [0.5, 0.6) is 17.2 Å². The van der Waals surface area contributed by atoms with Crippen LogP contribution in [0, 0.1) is 0 Å². The topological polar surface area (TPSA) is 115 Å². The first-order valence-corrected chi connectivity index (χ1v) is 16.4. The molecule has 0 aliphatic carbocycles. The minimum atomic E-state index is -0.551. The highest BCUT2D eigenvalue weighted by atomic mass is 32.2. The molecule has 9 nitrogen and oxygen atoms in total. The normalized spacial score (nSPS) is 11.8. The predicted octanol–water partition coefficient (Wildman–Crippen LogP) is 7.75. The van der Waals surface area contributed by atoms with Crippen LogP contribution in [0.2, 0.25) is 0 Å². The second-order valence-electron chi connectivity index (χ2n) is 11.1. The number of nitrogens with one attached hydrogen (secondary N) is 3. The number of ether oxygens (including phenoxy) is 3. The van der Waals surface area contributed by atoms with Crippen LogP contribution in [0.1, 0.15) is 54.6 Å². The first-order valence-electron chi connectivity index (χ1n) is 15.5. The zero-order chi connectivity index (χ0) is 34.6. The molecule has 0 radical (unpaired) electrons. The summed E-state index contributed by atoms with van der Waals surface area (Å²) in [6.45, 7) is 6.21. The van der Waals surface area contributed by atoms with E-state index in [-0.39, 0.29) is 16.9 Å². The van der Waals surface area contributed by atoms with Crippen LogP contribution in [-0.2, 0) is 9.59 Å². The molecule has 0 spiro atoms. The summed E-state index contributed by atoms with van der Waals surface area (Å²) in [5, 5.41) is 8.30. The van der Waals surface area contributed by atoms with Crippen LogP contribution in [0.25, 0.3) is 6.08 Å². The number of carbonyl (C=O) groups excluding carboxylic acids is 3. The van der Waals surface area contributed by atoms with Crippen LogP contribution < -0.4 is 30.2 Å². The summed E-state index contributed by atoms with van der Waals surface area (Å²) in [5.74, 6) is 0.479. The van der Waals surface area contributed by atoms with Gasteiger partial charge in [-0.25, -0.2) is 0 Å². The Hall–Kier alpha value is -5.22. The van der Waals surface area contributed by atoms with Crippen LogP contribution in [0.3, 0.4) is 0 Å². The van der Waals surface area contributed by atoms with Gasteiger partial charge in [0.1, 0.15) is 5.70 Å². The summed E-state index contributed by atoms with van der Waals surface area (Å²) in [5.41, 5.74) is 3.35. The summed E-state index contributed by atoms with van der Waals surface area (Å²) in [4.78, 5) is 40.9. The molecule has 10 heteroatoms. The fraction of sp³-hybridized carbons (Fsp3) is 0.237. The molecule has 3 N–H and O–H groups in total. The molecule has 3 amide bonds. The van der Waals surface area contributed by atoms with Crippen molar-refractivity contribution < 1.29 is 28.6 Å². The molecule has 48 heavy (non-hydrogen) atoms. The average molecular weight is 668 g/mol. The van der Waals surface area contributed by atoms with E-state index in [0.717, 1.165) is 10.6 Å². The van der Waals surface area contributed by atoms with E-state index in [2.05, 4.69) is 29.8 Å². The van der Waals surface area contributed by atoms with Crippen molar-refractivity contribution in [3.63, 3.8) is 0 Å². The van der Waals surface area contributed by atoms with Crippen LogP contribution in [0.15, 0.2) is 102 Å². The minimum absolute atomic E-state index is 0.00881. The maximum absolute atomic E-state index is 13.7. The lowest BCUT2D eigenvalue weighted by Gasteiger charge is -2.16. The first-order chi connectivity index (χ1) is 23.1. The quantitative estimate of drug-likeness (QED) is 0.0930. The number of carbonyl (C=O) groups is 3. The molecule has 0 saturated carbocycles. The van der Waals surface area contributed by atoms with Crippen molar-refractivity contribution in [1.82, 2.24) is 5.32 Å². The third-order valence-electron chi connectivity index (χ3n) is 7.41. The Kier molecular flexibility index (Phi) is 12.7. The number of benzene rings is 4. The van der Waals surface area contributed by atoms with E-state index in [0.29, 0.717) is 46.4 Å². The van der Waals surface area contributed by atoms with Crippen LogP contribution in [-0.4, -0.2) is 44.3 Å². The van der Waals surface area contributed by atoms with Gasteiger partial charge in [-0.2, -0.15) is 0 Å². The number of amides is 3. The van der Waals surface area contributed by atoms with E-state index in [1.807, 2.05) is 37.3 Å². The zero-order valence-electron chi connectivity index (χ0n) is 28.0. The molecule has 1 atom stereocenters. The Morgan fingerprint density at radius 2 is 1.44 bits per heavy atom. The number of anilines is 2. The molecule has 0 heterocycles. The number of methoxy groups -OCH3 is 3. The van der Waals surface area contributed by atoms with Crippen molar-refractivity contribution in [1.29, 1.82) is 0 Å². The molecule has 0 fully saturated rings. The number of thioether (sulfide) groups is 1. The van der Waals surface area contributed by atoms with Gasteiger partial charge in [0, 0.05) is 21.8 Å². The highest BCUT2D eigenvalue weighted by Gasteiger charge is 2.20. The molecule has 4 aromatic carbocycles. The van der Waals surface area contributed by atoms with E-state index < -0.39 is 11.8 Å². The summed E-state index contributed by atoms with van der Waals surface area (Å²) in [6.07, 6.45) is 2.13. The Morgan fingerprint density at radius 3 is 2.02 bits per heavy atom. The molecule has 1 unspecified atom stereocenters. The molecule has 0 bridgehead atoms. The minimum Gasteiger partial charge on any atom is -0.493 e. The van der Waals surface area contributed by atoms with Gasteiger partial charge in [-0.05, 0) is 84.1 Å². The van der Waals surface area contributed by atoms with Gasteiger partial charge < -0.3 is 30.2 Å². The van der Waals surface area contributed by atoms with E-state index >= 15 is 0 Å². The summed E-state index contributed by atoms with van der Waals surface area (Å²) in [7, 11) is 4.50. The van der Waals surface area contributed by atoms with Crippen LogP contribution >= 0.6 is 11.8 Å². The van der Waals surface area contributed by atoms with Crippen molar-refractivity contribution in [2.45, 2.75) is 43.3 Å². The third kappa shape index (κ3) is 9.42. The smallest absolute Gasteiger partial charge is 0.272 e. The molecule has 0 aliphatic heterocycles. The van der Waals surface area contributed by atoms with Crippen molar-refractivity contribution in [3.8, 4) is 17.2 Å². The SMILES string of the molecule is CCC(Sc1cccc(NC(=O)/C(=C\c2cc(OC)c(OC)c(OC)c2)NC(=O)c2ccccc2)c1)C(=O)Nc1ccc(C(C)C)cc1. The molecule has 0 aromatic heterocycles. The lowest BCUT2D eigenvalue weighted by atomic mass is 10.0. The van der Waals surface area contributed by atoms with Gasteiger partial charge in [-0.1, -0.05) is 57.2 Å². The van der Waals surface area contributed by atoms with Gasteiger partial charge in [0.2, 0.25) is 11.7 Å². The maximum atomic E-state index is 13.7. The Morgan fingerprint density at radius 1 is 0.771 bits per heavy atom. The van der Waals surface area contributed by atoms with E-state index in [9.17, 15) is 14.4 Å². The van der Waals surface area contributed by atoms with Crippen molar-refractivity contribution >= 4 is 46.9 Å². The first kappa shape index (κ1) is 35.6. The lowest BCUT2D eigenvalue weighted by molar-refractivity contribution is -0.116. The van der Waals surface area contributed by atoms with Gasteiger partial charge in [0.15, 0.2) is 11.5 Å². The molecule has 0 saturated heterocycles. The van der Waals surface area contributed by atoms with Crippen molar-refractivity contribution in [2.24, 2.45) is 0 Å². The molecular weight excluding hydrogens is 627 g/mol. The largest absolute Gasteiger partial charge is 0.493 e. The highest BCUT2D eigenvalue weighted by molar-refractivity contribution is 8.00. The predicted molar refractivity (Wildman–Crippen MR) is 192 cm³/mol. The molecule has 0 aliphatic rings. The third-order valence-corrected chi connectivity index (χ3v) is 8.76. The second-order valence-corrected chi connectivity index (χ2v) is 12.4. The van der Waals surface area contributed by atoms with Crippen molar-refractivity contribution in [2.75, 3.05) is 32.0 Å². The maximum Gasteiger partial charge on any atom is 0.272 e. The standard InChI is InChI=1S/C38H41N3O6S/c1-7-34(38(44)39-28-18-16-26(17-19-28)24(2)3)48-30-15-11-14-29(23-30)40-37(43)31(41-36(42)27-12-9-8-10-13-27)20-25-21-32(45-4)35(47-6)33(22-25)46-5/h8-24,34H,7H2,1-6H3,(H,39,44)(H,40,43)(H,41,42)/b31-20+. The Balaban J connectivity index is 1.56. The fourth-order valence-electron chi connectivity index (χ4n) is 4.80. The monoisotopic (exact) mass is 667 g/mol. The second kappa shape index (κ2) is 17.1. The van der Waals surface area contributed by atoms with Gasteiger partial charge >= 0.3 is 0 Å². The van der Waals surface area contributed by atoms with E-state index in [4.69, 9.17) is 14.2 Å². The summed E-state index contributed by atoms with van der Waals surface area (Å²) >= 11 is 1.41. The zero-order valence-corrected chi connectivity index (χ0v) is 28.8. The van der Waals surface area contributed by atoms with Gasteiger partial charge in [-0.15, -0.1) is 11.8 Å². The van der Waals surface area contributed by atoms with E-state index in [1.54, 1.807) is 60.7 Å². The summed E-state index contributed by atoms with van der Waals surface area (Å²) in [6, 6.07) is 27.1. The number of rotatable bonds is 14. The molecule has 4 rings (SSSR count). The molecular formula is C38H41N3O6S. The van der Waals surface area contributed by atoms with Gasteiger partial charge in [0.05, 0.1) is 26.6 Å². The van der Waals surface area contributed by atoms with Gasteiger partial charge in [-0.3, -0.25) is 14.4 Å². The Bertz CT molecular complexity index is 1730. The average Bonchev–Trinajstić information content (AvgIpc) is 3.10.